The van der Waals surface area contributed by atoms with Crippen LogP contribution >= 0.6 is 0 Å². The molecular weight excluding hydrogens is 757 g/mol. The number of aliphatic hydroxyl groups is 1. The maximum atomic E-state index is 13.0. The maximum Gasteiger partial charge on any atom is 0.257 e. The number of hydrogen-bond acceptors (Lipinski definition) is 11. The first-order valence-electron chi connectivity index (χ1n) is 21.9. The lowest BCUT2D eigenvalue weighted by Crippen LogP contribution is -2.47. The number of hydrogen-bond donors (Lipinski definition) is 3. The molecule has 12 nitrogen and oxygen atoms in total. The Bertz CT molecular complexity index is 2000. The van der Waals surface area contributed by atoms with Gasteiger partial charge in [-0.2, -0.15) is 0 Å². The molecule has 3 aliphatic carbocycles. The van der Waals surface area contributed by atoms with Gasteiger partial charge in [-0.25, -0.2) is 0 Å². The van der Waals surface area contributed by atoms with Crippen molar-refractivity contribution in [1.82, 2.24) is 20.4 Å². The van der Waals surface area contributed by atoms with E-state index < -0.39 is 0 Å². The highest BCUT2D eigenvalue weighted by Crippen LogP contribution is 2.49. The van der Waals surface area contributed by atoms with Gasteiger partial charge in [0.2, 0.25) is 0 Å². The van der Waals surface area contributed by atoms with Crippen LogP contribution in [0.2, 0.25) is 0 Å². The van der Waals surface area contributed by atoms with E-state index in [9.17, 15) is 24.3 Å². The predicted octanol–water partition coefficient (Wildman–Crippen LogP) is 8.30. The molecular formula is C48H66N6O6. The molecule has 60 heavy (non-hydrogen) atoms. The Kier molecular flexibility index (Phi) is 16.3. The van der Waals surface area contributed by atoms with Gasteiger partial charge in [-0.15, -0.1) is 10.2 Å². The fourth-order valence-electron chi connectivity index (χ4n) is 8.12. The number of nitrogens with one attached hydrogen (secondary N) is 1. The normalized spacial score (nSPS) is 19.3. The van der Waals surface area contributed by atoms with E-state index >= 15 is 0 Å². The summed E-state index contributed by atoms with van der Waals surface area (Å²) in [6.45, 7) is 19.1. The lowest BCUT2D eigenvalue weighted by Gasteiger charge is -2.41. The number of carbonyl (C=O) groups excluding carboxylic acids is 4. The summed E-state index contributed by atoms with van der Waals surface area (Å²) in [5, 5.41) is 22.0. The number of anilines is 2. The van der Waals surface area contributed by atoms with Gasteiger partial charge in [0.1, 0.15) is 23.1 Å². The van der Waals surface area contributed by atoms with Gasteiger partial charge in [0.25, 0.3) is 5.91 Å². The Morgan fingerprint density at radius 2 is 1.73 bits per heavy atom. The zero-order valence-electron chi connectivity index (χ0n) is 36.6. The lowest BCUT2D eigenvalue weighted by molar-refractivity contribution is -0.124. The van der Waals surface area contributed by atoms with Gasteiger partial charge in [0, 0.05) is 85.7 Å². The summed E-state index contributed by atoms with van der Waals surface area (Å²) in [5.41, 5.74) is 13.6. The standard InChI is InChI=1S/C39H50N6O4.C9H16O2/c1-5-25(4)38(48)29-13-9-15-34(36(29)24(2)3)49-23-35(47)41-22-27-20-30(27)37(26-10-8-11-26)45-18-16-44(17-19-45)32-21-31(42-43-39(32)40)28-12-6-7-14-33(28)46;1-4-9(11)7(2)5-6-8(3)10/h9,12-15,21,25,27,30,46H,2,5-8,10-11,16-20,22-23H2,1,3-4H3,(H2,40,43)(H,41,47);7H,4-6H2,1-3H3. The fourth-order valence-corrected chi connectivity index (χ4v) is 8.12. The summed E-state index contributed by atoms with van der Waals surface area (Å²) in [7, 11) is 0. The number of Topliss-reactive ketones (excluding diaryl/α,β-unsaturated/α-hetero) is 3. The van der Waals surface area contributed by atoms with Gasteiger partial charge in [0.15, 0.2) is 18.2 Å². The molecule has 1 saturated heterocycles. The number of piperazine rings is 1. The number of nitrogen functional groups attached to an aromatic ring is 1. The van der Waals surface area contributed by atoms with E-state index in [1.54, 1.807) is 24.6 Å². The van der Waals surface area contributed by atoms with Crippen LogP contribution in [0.25, 0.3) is 11.1 Å². The summed E-state index contributed by atoms with van der Waals surface area (Å²) < 4.78 is 5.97. The molecule has 3 fully saturated rings. The molecule has 2 aromatic rings. The highest BCUT2D eigenvalue weighted by Gasteiger charge is 2.44. The highest BCUT2D eigenvalue weighted by molar-refractivity contribution is 6.02. The van der Waals surface area contributed by atoms with Crippen LogP contribution in [0.1, 0.15) is 127 Å². The first kappa shape index (κ1) is 45.8. The maximum absolute atomic E-state index is 13.0. The second-order valence-corrected chi connectivity index (χ2v) is 16.9. The molecule has 4 atom stereocenters. The number of aromatic nitrogens is 2. The second kappa shape index (κ2) is 21.3. The second-order valence-electron chi connectivity index (χ2n) is 16.9. The summed E-state index contributed by atoms with van der Waals surface area (Å²) in [4.78, 5) is 52.3. The summed E-state index contributed by atoms with van der Waals surface area (Å²) in [5.74, 6) is 2.29. The molecule has 1 aromatic heterocycles. The number of allylic oxidation sites excluding steroid dienone is 6. The molecule has 6 rings (SSSR count). The molecule has 1 aromatic carbocycles. The number of carbonyl (C=O) groups is 4. The summed E-state index contributed by atoms with van der Waals surface area (Å²) >= 11 is 0. The Morgan fingerprint density at radius 3 is 2.35 bits per heavy atom. The predicted molar refractivity (Wildman–Crippen MR) is 238 cm³/mol. The van der Waals surface area contributed by atoms with Crippen molar-refractivity contribution in [3.8, 4) is 5.75 Å². The molecule has 4 aliphatic rings. The third kappa shape index (κ3) is 11.7. The Labute approximate surface area is 356 Å². The Balaban J connectivity index is 0.000000545. The number of nitrogens with zero attached hydrogens (tertiary/aromatic N) is 4. The molecule has 0 spiro atoms. The SMILES string of the molecule is C=C(C)c1c(OCC(=O)NCC2CC2C(=C2CCC2)N2CCN(c3cc(C4=CCCC=C4O)nnc3N)CC2)cccc1C(=O)C(C)CC.CCC(=O)C(C)CCC(C)=O. The minimum atomic E-state index is -0.167. The first-order chi connectivity index (χ1) is 28.7. The van der Waals surface area contributed by atoms with Crippen molar-refractivity contribution in [3.05, 3.63) is 76.8 Å². The van der Waals surface area contributed by atoms with Crippen LogP contribution in [-0.4, -0.2) is 82.8 Å². The minimum absolute atomic E-state index is 0.0592. The molecule has 1 aliphatic heterocycles. The van der Waals surface area contributed by atoms with E-state index in [0.717, 1.165) is 76.0 Å². The zero-order chi connectivity index (χ0) is 43.5. The number of nitrogens with two attached hydrogens (primary N) is 1. The Hall–Kier alpha value is -5.26. The largest absolute Gasteiger partial charge is 0.508 e. The van der Waals surface area contributed by atoms with Crippen LogP contribution < -0.4 is 20.7 Å². The van der Waals surface area contributed by atoms with Crippen LogP contribution in [0.4, 0.5) is 11.5 Å². The number of ether oxygens (including phenoxy) is 1. The monoisotopic (exact) mass is 823 g/mol. The number of benzene rings is 1. The van der Waals surface area contributed by atoms with Gasteiger partial charge in [-0.05, 0) is 94.9 Å². The van der Waals surface area contributed by atoms with Crippen molar-refractivity contribution < 1.29 is 29.0 Å². The van der Waals surface area contributed by atoms with Crippen LogP contribution in [0, 0.1) is 23.7 Å². The van der Waals surface area contributed by atoms with Crippen molar-refractivity contribution in [3.63, 3.8) is 0 Å². The van der Waals surface area contributed by atoms with Crippen molar-refractivity contribution in [2.45, 2.75) is 106 Å². The average Bonchev–Trinajstić information content (AvgIpc) is 4.01. The molecule has 2 heterocycles. The quantitative estimate of drug-likeness (QED) is 0.124. The van der Waals surface area contributed by atoms with Crippen LogP contribution in [-0.2, 0) is 14.4 Å². The molecule has 1 amide bonds. The third-order valence-corrected chi connectivity index (χ3v) is 12.3. The van der Waals surface area contributed by atoms with E-state index in [4.69, 9.17) is 10.5 Å². The summed E-state index contributed by atoms with van der Waals surface area (Å²) in [6, 6.07) is 7.37. The van der Waals surface area contributed by atoms with E-state index in [1.165, 1.54) is 12.1 Å². The van der Waals surface area contributed by atoms with E-state index in [-0.39, 0.29) is 47.5 Å². The lowest BCUT2D eigenvalue weighted by atomic mass is 9.88. The number of aliphatic hydroxyl groups excluding tert-OH is 1. The highest BCUT2D eigenvalue weighted by atomic mass is 16.5. The number of ketones is 3. The zero-order valence-corrected chi connectivity index (χ0v) is 36.6. The molecule has 0 bridgehead atoms. The van der Waals surface area contributed by atoms with E-state index in [0.29, 0.717) is 71.6 Å². The van der Waals surface area contributed by atoms with Crippen LogP contribution in [0.5, 0.6) is 5.75 Å². The average molecular weight is 823 g/mol. The van der Waals surface area contributed by atoms with Crippen molar-refractivity contribution >= 4 is 45.9 Å². The molecule has 4 unspecified atom stereocenters. The Morgan fingerprint density at radius 1 is 1.02 bits per heavy atom. The fraction of sp³-hybridized carbons (Fsp3) is 0.542. The topological polar surface area (TPSA) is 168 Å². The number of amides is 1. The van der Waals surface area contributed by atoms with E-state index in [1.807, 2.05) is 58.9 Å². The van der Waals surface area contributed by atoms with Gasteiger partial charge in [0.05, 0.1) is 11.4 Å². The van der Waals surface area contributed by atoms with Gasteiger partial charge in [-0.1, -0.05) is 58.1 Å². The van der Waals surface area contributed by atoms with Crippen molar-refractivity contribution in [2.75, 3.05) is 50.0 Å². The summed E-state index contributed by atoms with van der Waals surface area (Å²) in [6.07, 6.45) is 12.7. The molecule has 324 valence electrons. The first-order valence-corrected chi connectivity index (χ1v) is 21.9. The molecule has 12 heteroatoms. The minimum Gasteiger partial charge on any atom is -0.508 e. The molecule has 0 radical (unpaired) electrons. The van der Waals surface area contributed by atoms with E-state index in [2.05, 4.69) is 31.9 Å². The molecule has 2 saturated carbocycles. The van der Waals surface area contributed by atoms with Crippen LogP contribution in [0.15, 0.2) is 60.0 Å². The van der Waals surface area contributed by atoms with Crippen molar-refractivity contribution in [2.24, 2.45) is 23.7 Å². The van der Waals surface area contributed by atoms with Gasteiger partial charge in [-0.3, -0.25) is 14.4 Å². The molecule has 4 N–H and O–H groups in total. The smallest absolute Gasteiger partial charge is 0.257 e. The van der Waals surface area contributed by atoms with Gasteiger partial charge >= 0.3 is 0 Å². The number of rotatable bonds is 18. The third-order valence-electron chi connectivity index (χ3n) is 12.3. The van der Waals surface area contributed by atoms with Gasteiger partial charge < -0.3 is 35.5 Å². The van der Waals surface area contributed by atoms with Crippen LogP contribution in [0.3, 0.4) is 0 Å². The van der Waals surface area contributed by atoms with Crippen molar-refractivity contribution in [1.29, 1.82) is 0 Å².